The summed E-state index contributed by atoms with van der Waals surface area (Å²) in [5.74, 6) is -5.38. The lowest BCUT2D eigenvalue weighted by atomic mass is 10.1. The number of nitrogens with zero attached hydrogens (tertiary/aromatic N) is 1. The van der Waals surface area contributed by atoms with Gasteiger partial charge in [0.25, 0.3) is 11.6 Å². The third-order valence-electron chi connectivity index (χ3n) is 1.94. The molecule has 0 aliphatic carbocycles. The van der Waals surface area contributed by atoms with E-state index >= 15 is 0 Å². The molecule has 1 rings (SSSR count). The Morgan fingerprint density at radius 3 is 2.59 bits per heavy atom. The van der Waals surface area contributed by atoms with E-state index in [4.69, 9.17) is 16.7 Å². The molecule has 0 spiro atoms. The molecule has 0 aliphatic rings. The summed E-state index contributed by atoms with van der Waals surface area (Å²) in [5.41, 5.74) is -1.44. The van der Waals surface area contributed by atoms with Gasteiger partial charge in [-0.1, -0.05) is 17.7 Å². The molecule has 0 fully saturated rings. The molecule has 92 valence electrons. The molecule has 1 aromatic rings. The van der Waals surface area contributed by atoms with Gasteiger partial charge in [-0.25, -0.2) is 8.78 Å². The first-order chi connectivity index (χ1) is 7.74. The van der Waals surface area contributed by atoms with Gasteiger partial charge in [-0.3, -0.25) is 14.9 Å². The van der Waals surface area contributed by atoms with E-state index in [1.165, 1.54) is 0 Å². The zero-order valence-electron chi connectivity index (χ0n) is 8.19. The Kier molecular flexibility index (Phi) is 3.62. The van der Waals surface area contributed by atoms with Crippen molar-refractivity contribution >= 4 is 23.3 Å². The van der Waals surface area contributed by atoms with Crippen molar-refractivity contribution in [2.24, 2.45) is 0 Å². The third-order valence-corrected chi connectivity index (χ3v) is 2.26. The number of carboxylic acid groups (broad SMARTS) is 1. The molecule has 5 nitrogen and oxygen atoms in total. The molecular formula is C9H6ClF2NO4. The fourth-order valence-corrected chi connectivity index (χ4v) is 1.36. The van der Waals surface area contributed by atoms with Crippen LogP contribution in [-0.2, 0) is 10.7 Å². The predicted octanol–water partition coefficient (Wildman–Crippen LogP) is 2.81. The number of halogens is 3. The van der Waals surface area contributed by atoms with E-state index in [9.17, 15) is 23.7 Å². The first kappa shape index (κ1) is 13.3. The van der Waals surface area contributed by atoms with E-state index in [-0.39, 0.29) is 5.02 Å². The van der Waals surface area contributed by atoms with Crippen molar-refractivity contribution in [1.82, 2.24) is 0 Å². The second-order valence-corrected chi connectivity index (χ2v) is 3.61. The Labute approximate surface area is 98.8 Å². The van der Waals surface area contributed by atoms with Crippen LogP contribution in [0, 0.1) is 10.1 Å². The number of nitro benzene ring substituents is 1. The number of carboxylic acids is 1. The number of alkyl halides is 2. The fourth-order valence-electron chi connectivity index (χ4n) is 1.17. The van der Waals surface area contributed by atoms with E-state index in [1.54, 1.807) is 0 Å². The third kappa shape index (κ3) is 3.10. The molecule has 0 atom stereocenters. The summed E-state index contributed by atoms with van der Waals surface area (Å²) < 4.78 is 26.7. The van der Waals surface area contributed by atoms with E-state index in [1.807, 2.05) is 0 Å². The number of nitro groups is 1. The average molecular weight is 266 g/mol. The van der Waals surface area contributed by atoms with Crippen LogP contribution in [0.15, 0.2) is 18.2 Å². The van der Waals surface area contributed by atoms with Crippen LogP contribution in [0.2, 0.25) is 5.02 Å². The zero-order chi connectivity index (χ0) is 13.2. The number of hydrogen-bond donors (Lipinski definition) is 1. The normalized spacial score (nSPS) is 11.2. The van der Waals surface area contributed by atoms with E-state index < -0.39 is 34.5 Å². The maximum absolute atomic E-state index is 13.3. The van der Waals surface area contributed by atoms with Crippen molar-refractivity contribution in [2.45, 2.75) is 12.3 Å². The molecule has 8 heteroatoms. The lowest BCUT2D eigenvalue weighted by molar-refractivity contribution is -0.384. The summed E-state index contributed by atoms with van der Waals surface area (Å²) in [6.07, 6.45) is -1.44. The Bertz CT molecular complexity index is 478. The van der Waals surface area contributed by atoms with Crippen molar-refractivity contribution in [1.29, 1.82) is 0 Å². The lowest BCUT2D eigenvalue weighted by Crippen LogP contribution is -2.18. The summed E-state index contributed by atoms with van der Waals surface area (Å²) in [7, 11) is 0. The standard InChI is InChI=1S/C9H6ClF2NO4/c10-6-2-1-5(3-7(6)13(16)17)9(11,12)4-8(14)15/h1-3H,4H2,(H,14,15). The molecular weight excluding hydrogens is 260 g/mol. The Morgan fingerprint density at radius 2 is 2.12 bits per heavy atom. The second kappa shape index (κ2) is 4.62. The summed E-state index contributed by atoms with van der Waals surface area (Å²) in [5, 5.41) is 18.5. The maximum atomic E-state index is 13.3. The molecule has 0 heterocycles. The summed E-state index contributed by atoms with van der Waals surface area (Å²) >= 11 is 5.44. The van der Waals surface area contributed by atoms with Crippen molar-refractivity contribution < 1.29 is 23.6 Å². The van der Waals surface area contributed by atoms with Crippen molar-refractivity contribution in [3.63, 3.8) is 0 Å². The SMILES string of the molecule is O=C(O)CC(F)(F)c1ccc(Cl)c([N+](=O)[O-])c1. The van der Waals surface area contributed by atoms with Crippen molar-refractivity contribution in [2.75, 3.05) is 0 Å². The van der Waals surface area contributed by atoms with Crippen LogP contribution in [0.4, 0.5) is 14.5 Å². The fraction of sp³-hybridized carbons (Fsp3) is 0.222. The van der Waals surface area contributed by atoms with Crippen LogP contribution in [0.3, 0.4) is 0 Å². The Hall–Kier alpha value is -1.76. The summed E-state index contributed by atoms with van der Waals surface area (Å²) in [6, 6.07) is 2.37. The van der Waals surface area contributed by atoms with Gasteiger partial charge in [-0.05, 0) is 6.07 Å². The van der Waals surface area contributed by atoms with Gasteiger partial charge in [0.05, 0.1) is 4.92 Å². The number of hydrogen-bond acceptors (Lipinski definition) is 3. The van der Waals surface area contributed by atoms with Gasteiger partial charge in [0.1, 0.15) is 11.4 Å². The molecule has 0 bridgehead atoms. The van der Waals surface area contributed by atoms with E-state index in [0.717, 1.165) is 12.1 Å². The molecule has 0 radical (unpaired) electrons. The van der Waals surface area contributed by atoms with Crippen LogP contribution >= 0.6 is 11.6 Å². The molecule has 0 aliphatic heterocycles. The first-order valence-corrected chi connectivity index (χ1v) is 4.66. The van der Waals surface area contributed by atoms with Gasteiger partial charge < -0.3 is 5.11 Å². The van der Waals surface area contributed by atoms with Crippen LogP contribution in [0.5, 0.6) is 0 Å². The predicted molar refractivity (Wildman–Crippen MR) is 54.3 cm³/mol. The highest BCUT2D eigenvalue weighted by atomic mass is 35.5. The van der Waals surface area contributed by atoms with Crippen molar-refractivity contribution in [3.05, 3.63) is 38.9 Å². The second-order valence-electron chi connectivity index (χ2n) is 3.20. The monoisotopic (exact) mass is 265 g/mol. The molecule has 0 saturated heterocycles. The number of carbonyl (C=O) groups is 1. The van der Waals surface area contributed by atoms with Crippen LogP contribution in [0.25, 0.3) is 0 Å². The van der Waals surface area contributed by atoms with Crippen LogP contribution in [-0.4, -0.2) is 16.0 Å². The number of benzene rings is 1. The van der Waals surface area contributed by atoms with Crippen LogP contribution < -0.4 is 0 Å². The minimum absolute atomic E-state index is 0.287. The van der Waals surface area contributed by atoms with Gasteiger partial charge >= 0.3 is 5.97 Å². The molecule has 1 N–H and O–H groups in total. The highest BCUT2D eigenvalue weighted by Crippen LogP contribution is 2.36. The van der Waals surface area contributed by atoms with Gasteiger partial charge in [0, 0.05) is 11.6 Å². The maximum Gasteiger partial charge on any atom is 0.309 e. The quantitative estimate of drug-likeness (QED) is 0.670. The molecule has 0 aromatic heterocycles. The number of aliphatic carboxylic acids is 1. The zero-order valence-corrected chi connectivity index (χ0v) is 8.95. The summed E-state index contributed by atoms with van der Waals surface area (Å²) in [6.45, 7) is 0. The van der Waals surface area contributed by atoms with E-state index in [2.05, 4.69) is 0 Å². The minimum Gasteiger partial charge on any atom is -0.481 e. The van der Waals surface area contributed by atoms with Gasteiger partial charge in [-0.15, -0.1) is 0 Å². The largest absolute Gasteiger partial charge is 0.481 e. The van der Waals surface area contributed by atoms with Crippen LogP contribution in [0.1, 0.15) is 12.0 Å². The molecule has 0 saturated carbocycles. The molecule has 0 amide bonds. The number of rotatable bonds is 4. The van der Waals surface area contributed by atoms with Gasteiger partial charge in [-0.2, -0.15) is 0 Å². The van der Waals surface area contributed by atoms with Gasteiger partial charge in [0.15, 0.2) is 0 Å². The van der Waals surface area contributed by atoms with Gasteiger partial charge in [0.2, 0.25) is 0 Å². The first-order valence-electron chi connectivity index (χ1n) is 4.28. The lowest BCUT2D eigenvalue weighted by Gasteiger charge is -2.14. The van der Waals surface area contributed by atoms with E-state index in [0.29, 0.717) is 6.07 Å². The Morgan fingerprint density at radius 1 is 1.53 bits per heavy atom. The highest BCUT2D eigenvalue weighted by molar-refractivity contribution is 6.32. The summed E-state index contributed by atoms with van der Waals surface area (Å²) in [4.78, 5) is 19.8. The smallest absolute Gasteiger partial charge is 0.309 e. The average Bonchev–Trinajstić information content (AvgIpc) is 2.15. The minimum atomic E-state index is -3.68. The molecule has 1 aromatic carbocycles. The Balaban J connectivity index is 3.19. The molecule has 0 unspecified atom stereocenters. The highest BCUT2D eigenvalue weighted by Gasteiger charge is 2.36. The van der Waals surface area contributed by atoms with Crippen molar-refractivity contribution in [3.8, 4) is 0 Å². The topological polar surface area (TPSA) is 80.4 Å². The molecule has 17 heavy (non-hydrogen) atoms.